The van der Waals surface area contributed by atoms with Crippen molar-refractivity contribution in [2.75, 3.05) is 13.1 Å². The summed E-state index contributed by atoms with van der Waals surface area (Å²) in [5.74, 6) is 0.595. The van der Waals surface area contributed by atoms with E-state index in [0.717, 1.165) is 25.9 Å². The highest BCUT2D eigenvalue weighted by Gasteiger charge is 2.24. The van der Waals surface area contributed by atoms with Gasteiger partial charge in [-0.05, 0) is 39.5 Å². The molecular formula is C14H25NO2. The monoisotopic (exact) mass is 239 g/mol. The molecule has 0 aromatic heterocycles. The molecule has 0 spiro atoms. The first-order valence-electron chi connectivity index (χ1n) is 6.45. The summed E-state index contributed by atoms with van der Waals surface area (Å²) in [6.07, 6.45) is 4.10. The average Bonchev–Trinajstić information content (AvgIpc) is 2.15. The summed E-state index contributed by atoms with van der Waals surface area (Å²) in [6, 6.07) is 0. The van der Waals surface area contributed by atoms with Crippen LogP contribution in [0.15, 0.2) is 11.6 Å². The van der Waals surface area contributed by atoms with E-state index < -0.39 is 5.60 Å². The van der Waals surface area contributed by atoms with E-state index in [-0.39, 0.29) is 6.09 Å². The van der Waals surface area contributed by atoms with Crippen LogP contribution in [0.2, 0.25) is 0 Å². The maximum atomic E-state index is 11.8. The van der Waals surface area contributed by atoms with Gasteiger partial charge in [0.15, 0.2) is 0 Å². The van der Waals surface area contributed by atoms with Crippen LogP contribution in [-0.2, 0) is 4.74 Å². The molecule has 1 aliphatic heterocycles. The number of amides is 1. The van der Waals surface area contributed by atoms with Gasteiger partial charge in [0, 0.05) is 13.1 Å². The van der Waals surface area contributed by atoms with Crippen LogP contribution >= 0.6 is 0 Å². The molecule has 1 fully saturated rings. The molecule has 0 N–H and O–H groups in total. The second-order valence-electron chi connectivity index (χ2n) is 6.04. The number of hydrogen-bond donors (Lipinski definition) is 0. The number of rotatable bonds is 1. The van der Waals surface area contributed by atoms with Gasteiger partial charge in [-0.25, -0.2) is 4.79 Å². The van der Waals surface area contributed by atoms with Gasteiger partial charge >= 0.3 is 6.09 Å². The standard InChI is InChI=1S/C14H25NO2/c1-11(2)10-12-6-8-15(9-7-12)13(16)17-14(3,4)5/h10-11H,6-9H2,1-5H3. The number of carbonyl (C=O) groups is 1. The van der Waals surface area contributed by atoms with Crippen LogP contribution in [0.1, 0.15) is 47.5 Å². The first-order valence-corrected chi connectivity index (χ1v) is 6.45. The van der Waals surface area contributed by atoms with Gasteiger partial charge in [0.1, 0.15) is 5.60 Å². The fraction of sp³-hybridized carbons (Fsp3) is 0.786. The van der Waals surface area contributed by atoms with Crippen LogP contribution in [0.4, 0.5) is 4.79 Å². The van der Waals surface area contributed by atoms with E-state index in [2.05, 4.69) is 19.9 Å². The first kappa shape index (κ1) is 14.1. The Bertz CT molecular complexity index is 290. The molecule has 0 aliphatic carbocycles. The van der Waals surface area contributed by atoms with E-state index in [9.17, 15) is 4.79 Å². The van der Waals surface area contributed by atoms with Crippen molar-refractivity contribution in [3.63, 3.8) is 0 Å². The first-order chi connectivity index (χ1) is 7.78. The largest absolute Gasteiger partial charge is 0.444 e. The van der Waals surface area contributed by atoms with Crippen LogP contribution in [0.5, 0.6) is 0 Å². The number of piperidine rings is 1. The summed E-state index contributed by atoms with van der Waals surface area (Å²) in [5, 5.41) is 0. The molecule has 0 saturated carbocycles. The minimum atomic E-state index is -0.398. The van der Waals surface area contributed by atoms with Crippen molar-refractivity contribution >= 4 is 6.09 Å². The lowest BCUT2D eigenvalue weighted by Crippen LogP contribution is -2.40. The van der Waals surface area contributed by atoms with Gasteiger partial charge in [-0.2, -0.15) is 0 Å². The van der Waals surface area contributed by atoms with E-state index in [1.807, 2.05) is 25.7 Å². The van der Waals surface area contributed by atoms with Gasteiger partial charge in [0.25, 0.3) is 0 Å². The van der Waals surface area contributed by atoms with Gasteiger partial charge in [-0.3, -0.25) is 0 Å². The molecule has 1 amide bonds. The summed E-state index contributed by atoms with van der Waals surface area (Å²) in [4.78, 5) is 13.6. The number of carbonyl (C=O) groups excluding carboxylic acids is 1. The van der Waals surface area contributed by atoms with Gasteiger partial charge in [0.05, 0.1) is 0 Å². The predicted octanol–water partition coefficient (Wildman–Crippen LogP) is 3.60. The summed E-state index contributed by atoms with van der Waals surface area (Å²) in [6.45, 7) is 11.7. The van der Waals surface area contributed by atoms with Crippen LogP contribution in [0, 0.1) is 5.92 Å². The topological polar surface area (TPSA) is 29.5 Å². The Kier molecular flexibility index (Phi) is 4.61. The number of nitrogens with zero attached hydrogens (tertiary/aromatic N) is 1. The summed E-state index contributed by atoms with van der Waals surface area (Å²) in [7, 11) is 0. The van der Waals surface area contributed by atoms with Crippen molar-refractivity contribution in [2.24, 2.45) is 5.92 Å². The molecule has 0 radical (unpaired) electrons. The summed E-state index contributed by atoms with van der Waals surface area (Å²) in [5.41, 5.74) is 1.07. The Morgan fingerprint density at radius 3 is 2.24 bits per heavy atom. The van der Waals surface area contributed by atoms with E-state index in [1.54, 1.807) is 0 Å². The van der Waals surface area contributed by atoms with Gasteiger partial charge < -0.3 is 9.64 Å². The molecule has 1 heterocycles. The molecule has 1 rings (SSSR count). The Balaban J connectivity index is 2.44. The van der Waals surface area contributed by atoms with Gasteiger partial charge in [-0.15, -0.1) is 0 Å². The molecule has 98 valence electrons. The van der Waals surface area contributed by atoms with E-state index >= 15 is 0 Å². The lowest BCUT2D eigenvalue weighted by molar-refractivity contribution is 0.0236. The molecule has 0 atom stereocenters. The van der Waals surface area contributed by atoms with Crippen molar-refractivity contribution < 1.29 is 9.53 Å². The number of ether oxygens (including phenoxy) is 1. The molecule has 0 unspecified atom stereocenters. The van der Waals surface area contributed by atoms with Crippen LogP contribution in [0.3, 0.4) is 0 Å². The molecule has 3 heteroatoms. The summed E-state index contributed by atoms with van der Waals surface area (Å²) < 4.78 is 5.36. The third-order valence-corrected chi connectivity index (χ3v) is 2.63. The zero-order valence-corrected chi connectivity index (χ0v) is 11.7. The predicted molar refractivity (Wildman–Crippen MR) is 70.0 cm³/mol. The fourth-order valence-electron chi connectivity index (χ4n) is 1.94. The molecule has 1 aliphatic rings. The van der Waals surface area contributed by atoms with Crippen molar-refractivity contribution in [3.8, 4) is 0 Å². The van der Waals surface area contributed by atoms with E-state index in [4.69, 9.17) is 4.74 Å². The van der Waals surface area contributed by atoms with Crippen molar-refractivity contribution in [3.05, 3.63) is 11.6 Å². The minimum absolute atomic E-state index is 0.180. The lowest BCUT2D eigenvalue weighted by atomic mass is 10.0. The third kappa shape index (κ3) is 5.24. The molecular weight excluding hydrogens is 214 g/mol. The smallest absolute Gasteiger partial charge is 0.410 e. The number of allylic oxidation sites excluding steroid dienone is 1. The Morgan fingerprint density at radius 2 is 1.82 bits per heavy atom. The zero-order valence-electron chi connectivity index (χ0n) is 11.7. The van der Waals surface area contributed by atoms with Crippen molar-refractivity contribution in [1.29, 1.82) is 0 Å². The molecule has 0 aromatic carbocycles. The van der Waals surface area contributed by atoms with Gasteiger partial charge in [-0.1, -0.05) is 25.5 Å². The highest BCUT2D eigenvalue weighted by atomic mass is 16.6. The molecule has 0 bridgehead atoms. The average molecular weight is 239 g/mol. The number of likely N-dealkylation sites (tertiary alicyclic amines) is 1. The van der Waals surface area contributed by atoms with Crippen LogP contribution in [-0.4, -0.2) is 29.7 Å². The van der Waals surface area contributed by atoms with Crippen LogP contribution < -0.4 is 0 Å². The van der Waals surface area contributed by atoms with Crippen molar-refractivity contribution in [2.45, 2.75) is 53.1 Å². The quantitative estimate of drug-likeness (QED) is 0.654. The normalized spacial score (nSPS) is 17.3. The van der Waals surface area contributed by atoms with E-state index in [1.165, 1.54) is 5.57 Å². The maximum Gasteiger partial charge on any atom is 0.410 e. The molecule has 1 saturated heterocycles. The second kappa shape index (κ2) is 5.56. The number of hydrogen-bond acceptors (Lipinski definition) is 2. The molecule has 0 aromatic rings. The van der Waals surface area contributed by atoms with E-state index in [0.29, 0.717) is 5.92 Å². The highest BCUT2D eigenvalue weighted by molar-refractivity contribution is 5.68. The minimum Gasteiger partial charge on any atom is -0.444 e. The molecule has 17 heavy (non-hydrogen) atoms. The Morgan fingerprint density at radius 1 is 1.29 bits per heavy atom. The second-order valence-corrected chi connectivity index (χ2v) is 6.04. The highest BCUT2D eigenvalue weighted by Crippen LogP contribution is 2.20. The Labute approximate surface area is 105 Å². The van der Waals surface area contributed by atoms with Crippen LogP contribution in [0.25, 0.3) is 0 Å². The summed E-state index contributed by atoms with van der Waals surface area (Å²) >= 11 is 0. The zero-order chi connectivity index (χ0) is 13.1. The Hall–Kier alpha value is -0.990. The van der Waals surface area contributed by atoms with Crippen molar-refractivity contribution in [1.82, 2.24) is 4.90 Å². The fourth-order valence-corrected chi connectivity index (χ4v) is 1.94. The third-order valence-electron chi connectivity index (χ3n) is 2.63. The molecule has 3 nitrogen and oxygen atoms in total. The SMILES string of the molecule is CC(C)C=C1CCN(C(=O)OC(C)(C)C)CC1. The maximum absolute atomic E-state index is 11.8. The van der Waals surface area contributed by atoms with Gasteiger partial charge in [0.2, 0.25) is 0 Å². The lowest BCUT2D eigenvalue weighted by Gasteiger charge is -2.31.